The summed E-state index contributed by atoms with van der Waals surface area (Å²) in [7, 11) is 0. The number of thiazole rings is 1. The minimum absolute atomic E-state index is 0.0748. The SMILES string of the molecule is O=C(CN1CCC(CCN2CCOCC2)CC1)NC(c1ccccc1)c1nccs1. The van der Waals surface area contributed by atoms with E-state index < -0.39 is 0 Å². The fraction of sp³-hybridized carbons (Fsp3) is 0.565. The predicted octanol–water partition coefficient (Wildman–Crippen LogP) is 2.78. The number of rotatable bonds is 8. The van der Waals surface area contributed by atoms with Crippen LogP contribution in [0.3, 0.4) is 0 Å². The Morgan fingerprint density at radius 2 is 1.90 bits per heavy atom. The van der Waals surface area contributed by atoms with Gasteiger partial charge in [-0.1, -0.05) is 30.3 Å². The predicted molar refractivity (Wildman–Crippen MR) is 120 cm³/mol. The van der Waals surface area contributed by atoms with Crippen molar-refractivity contribution in [3.05, 3.63) is 52.5 Å². The number of ether oxygens (including phenoxy) is 1. The summed E-state index contributed by atoms with van der Waals surface area (Å²) in [5, 5.41) is 6.10. The Kier molecular flexibility index (Phi) is 7.86. The Morgan fingerprint density at radius 3 is 2.60 bits per heavy atom. The Balaban J connectivity index is 1.23. The summed E-state index contributed by atoms with van der Waals surface area (Å²) in [6, 6.07) is 9.92. The summed E-state index contributed by atoms with van der Waals surface area (Å²) in [5.41, 5.74) is 1.07. The highest BCUT2D eigenvalue weighted by molar-refractivity contribution is 7.09. The van der Waals surface area contributed by atoms with Crippen molar-refractivity contribution in [1.82, 2.24) is 20.1 Å². The molecule has 1 N–H and O–H groups in total. The Hall–Kier alpha value is -1.80. The number of morpholine rings is 1. The molecule has 30 heavy (non-hydrogen) atoms. The molecule has 2 fully saturated rings. The molecule has 1 amide bonds. The lowest BCUT2D eigenvalue weighted by molar-refractivity contribution is -0.123. The highest BCUT2D eigenvalue weighted by atomic mass is 32.1. The van der Waals surface area contributed by atoms with Crippen molar-refractivity contribution in [2.45, 2.75) is 25.3 Å². The van der Waals surface area contributed by atoms with Crippen LogP contribution in [0, 0.1) is 5.92 Å². The largest absolute Gasteiger partial charge is 0.379 e. The van der Waals surface area contributed by atoms with Crippen LogP contribution in [0.5, 0.6) is 0 Å². The number of carbonyl (C=O) groups excluding carboxylic acids is 1. The minimum atomic E-state index is -0.176. The Bertz CT molecular complexity index is 757. The van der Waals surface area contributed by atoms with Gasteiger partial charge in [-0.3, -0.25) is 14.6 Å². The molecule has 2 saturated heterocycles. The van der Waals surface area contributed by atoms with E-state index in [1.54, 1.807) is 17.5 Å². The summed E-state index contributed by atoms with van der Waals surface area (Å²) >= 11 is 1.58. The van der Waals surface area contributed by atoms with Crippen LogP contribution in [0.2, 0.25) is 0 Å². The van der Waals surface area contributed by atoms with Gasteiger partial charge in [0.1, 0.15) is 11.0 Å². The van der Waals surface area contributed by atoms with Crippen LogP contribution in [0.1, 0.15) is 35.9 Å². The van der Waals surface area contributed by atoms with Crippen molar-refractivity contribution in [2.75, 3.05) is 52.5 Å². The van der Waals surface area contributed by atoms with Crippen molar-refractivity contribution in [3.8, 4) is 0 Å². The van der Waals surface area contributed by atoms with Crippen molar-refractivity contribution < 1.29 is 9.53 Å². The van der Waals surface area contributed by atoms with Crippen LogP contribution in [0.25, 0.3) is 0 Å². The first-order valence-corrected chi connectivity index (χ1v) is 11.9. The smallest absolute Gasteiger partial charge is 0.235 e. The maximum Gasteiger partial charge on any atom is 0.235 e. The number of nitrogens with one attached hydrogen (secondary N) is 1. The molecule has 6 nitrogen and oxygen atoms in total. The average molecular weight is 429 g/mol. The fourth-order valence-corrected chi connectivity index (χ4v) is 5.06. The van der Waals surface area contributed by atoms with E-state index in [2.05, 4.69) is 20.1 Å². The summed E-state index contributed by atoms with van der Waals surface area (Å²) in [5.74, 6) is 0.852. The molecule has 4 rings (SSSR count). The Labute approximate surface area is 183 Å². The third kappa shape index (κ3) is 6.11. The molecule has 2 aliphatic rings. The standard InChI is InChI=1S/C23H32N4O2S/c28-21(25-22(23-24-9-17-30-23)20-4-2-1-3-5-20)18-27-11-7-19(8-12-27)6-10-26-13-15-29-16-14-26/h1-5,9,17,19,22H,6-8,10-16,18H2,(H,25,28). The summed E-state index contributed by atoms with van der Waals surface area (Å²) in [4.78, 5) is 22.1. The van der Waals surface area contributed by atoms with Gasteiger partial charge in [0.2, 0.25) is 5.91 Å². The zero-order valence-corrected chi connectivity index (χ0v) is 18.4. The van der Waals surface area contributed by atoms with Gasteiger partial charge in [0.25, 0.3) is 0 Å². The highest BCUT2D eigenvalue weighted by Gasteiger charge is 2.24. The summed E-state index contributed by atoms with van der Waals surface area (Å²) in [6.45, 7) is 7.55. The van der Waals surface area contributed by atoms with E-state index in [4.69, 9.17) is 4.74 Å². The fourth-order valence-electron chi connectivity index (χ4n) is 4.34. The molecule has 1 aromatic heterocycles. The first-order valence-electron chi connectivity index (χ1n) is 11.0. The van der Waals surface area contributed by atoms with Gasteiger partial charge in [-0.05, 0) is 50.4 Å². The number of piperidine rings is 1. The van der Waals surface area contributed by atoms with E-state index in [0.717, 1.165) is 55.9 Å². The van der Waals surface area contributed by atoms with Crippen molar-refractivity contribution in [1.29, 1.82) is 0 Å². The first kappa shape index (κ1) is 21.4. The van der Waals surface area contributed by atoms with E-state index in [1.165, 1.54) is 25.8 Å². The van der Waals surface area contributed by atoms with Gasteiger partial charge in [0.15, 0.2) is 0 Å². The molecule has 1 unspecified atom stereocenters. The molecule has 0 spiro atoms. The van der Waals surface area contributed by atoms with Crippen LogP contribution in [-0.4, -0.2) is 73.2 Å². The number of carbonyl (C=O) groups is 1. The van der Waals surface area contributed by atoms with Gasteiger partial charge >= 0.3 is 0 Å². The molecular formula is C23H32N4O2S. The number of likely N-dealkylation sites (tertiary alicyclic amines) is 1. The van der Waals surface area contributed by atoms with Crippen LogP contribution >= 0.6 is 11.3 Å². The number of hydrogen-bond donors (Lipinski definition) is 1. The molecule has 7 heteroatoms. The summed E-state index contributed by atoms with van der Waals surface area (Å²) < 4.78 is 5.43. The van der Waals surface area contributed by atoms with Crippen molar-refractivity contribution in [2.24, 2.45) is 5.92 Å². The average Bonchev–Trinajstić information content (AvgIpc) is 3.33. The van der Waals surface area contributed by atoms with E-state index in [1.807, 2.05) is 35.7 Å². The van der Waals surface area contributed by atoms with E-state index in [9.17, 15) is 4.79 Å². The molecule has 0 bridgehead atoms. The lowest BCUT2D eigenvalue weighted by atomic mass is 9.93. The normalized spacial score (nSPS) is 20.1. The van der Waals surface area contributed by atoms with Gasteiger partial charge in [-0.25, -0.2) is 4.98 Å². The highest BCUT2D eigenvalue weighted by Crippen LogP contribution is 2.24. The molecule has 1 aromatic carbocycles. The number of benzene rings is 1. The lowest BCUT2D eigenvalue weighted by Crippen LogP contribution is -2.43. The van der Waals surface area contributed by atoms with Crippen LogP contribution in [0.4, 0.5) is 0 Å². The molecule has 0 radical (unpaired) electrons. The van der Waals surface area contributed by atoms with Crippen molar-refractivity contribution in [3.63, 3.8) is 0 Å². The minimum Gasteiger partial charge on any atom is -0.379 e. The second-order valence-electron chi connectivity index (χ2n) is 8.24. The molecule has 1 atom stereocenters. The van der Waals surface area contributed by atoms with Gasteiger partial charge in [0.05, 0.1) is 19.8 Å². The third-order valence-corrected chi connectivity index (χ3v) is 7.01. The van der Waals surface area contributed by atoms with Gasteiger partial charge in [-0.2, -0.15) is 0 Å². The maximum absolute atomic E-state index is 12.8. The molecule has 0 aliphatic carbocycles. The second-order valence-corrected chi connectivity index (χ2v) is 9.17. The third-order valence-electron chi connectivity index (χ3n) is 6.17. The summed E-state index contributed by atoms with van der Waals surface area (Å²) in [6.07, 6.45) is 5.43. The van der Waals surface area contributed by atoms with Gasteiger partial charge in [-0.15, -0.1) is 11.3 Å². The number of nitrogens with zero attached hydrogens (tertiary/aromatic N) is 3. The first-order chi connectivity index (χ1) is 14.8. The number of hydrogen-bond acceptors (Lipinski definition) is 6. The molecule has 3 heterocycles. The molecular weight excluding hydrogens is 396 g/mol. The molecule has 162 valence electrons. The van der Waals surface area contributed by atoms with Crippen LogP contribution in [0.15, 0.2) is 41.9 Å². The van der Waals surface area contributed by atoms with Crippen molar-refractivity contribution >= 4 is 17.2 Å². The topological polar surface area (TPSA) is 57.7 Å². The zero-order valence-electron chi connectivity index (χ0n) is 17.5. The monoisotopic (exact) mass is 428 g/mol. The van der Waals surface area contributed by atoms with E-state index in [-0.39, 0.29) is 11.9 Å². The van der Waals surface area contributed by atoms with E-state index in [0.29, 0.717) is 6.54 Å². The quantitative estimate of drug-likeness (QED) is 0.701. The maximum atomic E-state index is 12.8. The van der Waals surface area contributed by atoms with Crippen LogP contribution < -0.4 is 5.32 Å². The van der Waals surface area contributed by atoms with Gasteiger partial charge in [0, 0.05) is 24.7 Å². The Morgan fingerprint density at radius 1 is 1.13 bits per heavy atom. The number of aromatic nitrogens is 1. The van der Waals surface area contributed by atoms with E-state index >= 15 is 0 Å². The van der Waals surface area contributed by atoms with Gasteiger partial charge < -0.3 is 10.1 Å². The van der Waals surface area contributed by atoms with Crippen LogP contribution in [-0.2, 0) is 9.53 Å². The lowest BCUT2D eigenvalue weighted by Gasteiger charge is -2.33. The molecule has 0 saturated carbocycles. The molecule has 2 aromatic rings. The second kappa shape index (κ2) is 11.0. The zero-order chi connectivity index (χ0) is 20.6. The molecule has 2 aliphatic heterocycles. The number of amides is 1.